The maximum Gasteiger partial charge on any atom is 0.437 e. The Morgan fingerprint density at radius 2 is 2.09 bits per heavy atom. The first kappa shape index (κ1) is 20.7. The third-order valence-electron chi connectivity index (χ3n) is 4.70. The van der Waals surface area contributed by atoms with Gasteiger partial charge in [-0.05, 0) is 31.2 Å². The first-order valence-corrected chi connectivity index (χ1v) is 10.9. The molecule has 2 rings (SSSR count). The van der Waals surface area contributed by atoms with Crippen LogP contribution in [0.2, 0.25) is 0 Å². The summed E-state index contributed by atoms with van der Waals surface area (Å²) in [6.07, 6.45) is 6.49. The second-order valence-electron chi connectivity index (χ2n) is 7.46. The molecular weight excluding hydrogens is 410 g/mol. The van der Waals surface area contributed by atoms with Crippen LogP contribution >= 0.6 is 0 Å². The Morgan fingerprint density at radius 3 is 2.84 bits per heavy atom. The number of nitrogens with one attached hydrogen (secondary N) is 1. The molecule has 8 nitrogen and oxygen atoms in total. The summed E-state index contributed by atoms with van der Waals surface area (Å²) < 4.78 is 34.3. The van der Waals surface area contributed by atoms with Gasteiger partial charge in [-0.3, -0.25) is 14.9 Å². The van der Waals surface area contributed by atoms with E-state index in [9.17, 15) is 14.4 Å². The third-order valence-corrected chi connectivity index (χ3v) is 4.70. The summed E-state index contributed by atoms with van der Waals surface area (Å²) in [5, 5.41) is 2.38. The first-order valence-electron chi connectivity index (χ1n) is 12.4. The monoisotopic (exact) mass is 446 g/mol. The number of cyclic esters (lactones) is 1. The lowest BCUT2D eigenvalue weighted by molar-refractivity contribution is -0.149. The molecule has 0 saturated carbocycles. The van der Waals surface area contributed by atoms with Crippen molar-refractivity contribution in [1.29, 1.82) is 0 Å². The maximum atomic E-state index is 12.7. The van der Waals surface area contributed by atoms with Crippen LogP contribution in [0.4, 0.5) is 4.79 Å². The van der Waals surface area contributed by atoms with Gasteiger partial charge in [0, 0.05) is 23.9 Å². The molecule has 1 aliphatic heterocycles. The molecule has 0 bridgehead atoms. The zero-order chi connectivity index (χ0) is 25.7. The van der Waals surface area contributed by atoms with E-state index in [1.165, 1.54) is 0 Å². The number of hydrogen-bond donors (Lipinski definition) is 1. The van der Waals surface area contributed by atoms with Gasteiger partial charge in [-0.2, -0.15) is 0 Å². The molecule has 2 amide bonds. The lowest BCUT2D eigenvalue weighted by atomic mass is 10.1. The van der Waals surface area contributed by atoms with E-state index in [0.717, 1.165) is 19.3 Å². The summed E-state index contributed by atoms with van der Waals surface area (Å²) in [6.45, 7) is -1.75. The van der Waals surface area contributed by atoms with Gasteiger partial charge in [-0.1, -0.05) is 55.8 Å². The van der Waals surface area contributed by atoms with E-state index in [2.05, 4.69) is 10.3 Å². The number of guanidine groups is 1. The van der Waals surface area contributed by atoms with Gasteiger partial charge in [-0.25, -0.2) is 4.79 Å². The van der Waals surface area contributed by atoms with Crippen molar-refractivity contribution in [2.75, 3.05) is 13.5 Å². The summed E-state index contributed by atoms with van der Waals surface area (Å²) in [5.74, 6) is -1.91. The van der Waals surface area contributed by atoms with Crippen molar-refractivity contribution in [3.8, 4) is 0 Å². The van der Waals surface area contributed by atoms with Crippen LogP contribution in [-0.4, -0.2) is 48.5 Å². The smallest absolute Gasteiger partial charge is 0.437 e. The second kappa shape index (κ2) is 14.0. The predicted molar refractivity (Wildman–Crippen MR) is 122 cm³/mol. The molecule has 0 fully saturated rings. The highest BCUT2D eigenvalue weighted by Crippen LogP contribution is 2.11. The van der Waals surface area contributed by atoms with E-state index in [0.29, 0.717) is 29.7 Å². The lowest BCUT2D eigenvalue weighted by Gasteiger charge is -2.22. The number of hydrogen-bond acceptors (Lipinski definition) is 5. The van der Waals surface area contributed by atoms with Crippen LogP contribution in [-0.2, 0) is 25.7 Å². The summed E-state index contributed by atoms with van der Waals surface area (Å²) in [7, 11) is 0. The molecular formula is C24H33N3O5. The number of rotatable bonds is 4. The third kappa shape index (κ3) is 9.76. The zero-order valence-corrected chi connectivity index (χ0v) is 18.4. The Kier molecular flexibility index (Phi) is 9.07. The number of carbonyl (C=O) groups excluding carboxylic acids is 3. The van der Waals surface area contributed by atoms with Crippen LogP contribution in [0.3, 0.4) is 0 Å². The van der Waals surface area contributed by atoms with E-state index < -0.39 is 43.6 Å². The molecule has 1 unspecified atom stereocenters. The number of nitrogens with zero attached hydrogens (tertiary/aromatic N) is 2. The van der Waals surface area contributed by atoms with Crippen LogP contribution in [0.15, 0.2) is 47.5 Å². The average Bonchev–Trinajstić information content (AvgIpc) is 2.80. The SMILES string of the molecule is [2H]C([2H])([2H])N1CC(=O)OC(CCC)C/C=C/CCCCC(=O)N/C1=N/C(=O)OCc1ccccc1. The minimum atomic E-state index is -2.89. The second-order valence-corrected chi connectivity index (χ2v) is 7.46. The summed E-state index contributed by atoms with van der Waals surface area (Å²) >= 11 is 0. The Bertz CT molecular complexity index is 903. The van der Waals surface area contributed by atoms with Crippen molar-refractivity contribution < 1.29 is 28.0 Å². The van der Waals surface area contributed by atoms with Crippen LogP contribution in [0.5, 0.6) is 0 Å². The molecule has 8 heteroatoms. The van der Waals surface area contributed by atoms with Crippen LogP contribution in [0.1, 0.15) is 61.5 Å². The molecule has 1 heterocycles. The number of carbonyl (C=O) groups is 3. The standard InChI is InChI=1S/C24H33N3O5/c1-3-12-20-15-10-5-4-6-11-16-21(28)25-23(27(2)17-22(29)32-20)26-24(30)31-18-19-13-8-7-9-14-19/h5,7-10,13-14,20H,3-4,6,11-12,15-18H2,1-2H3,(H,25,26,28,30)/b10-5+/i2D3. The van der Waals surface area contributed by atoms with Gasteiger partial charge in [-0.15, -0.1) is 4.99 Å². The zero-order valence-electron chi connectivity index (χ0n) is 21.4. The molecule has 0 aromatic heterocycles. The van der Waals surface area contributed by atoms with Crippen molar-refractivity contribution in [3.63, 3.8) is 0 Å². The van der Waals surface area contributed by atoms with Gasteiger partial charge in [0.1, 0.15) is 19.3 Å². The number of aliphatic imine (C=N–C) groups is 1. The van der Waals surface area contributed by atoms with Crippen LogP contribution < -0.4 is 5.32 Å². The van der Waals surface area contributed by atoms with Crippen molar-refractivity contribution in [2.24, 2.45) is 4.99 Å². The molecule has 0 saturated heterocycles. The molecule has 0 spiro atoms. The van der Waals surface area contributed by atoms with Gasteiger partial charge in [0.15, 0.2) is 0 Å². The van der Waals surface area contributed by atoms with Crippen molar-refractivity contribution in [2.45, 2.75) is 64.6 Å². The van der Waals surface area contributed by atoms with Gasteiger partial charge in [0.25, 0.3) is 0 Å². The Morgan fingerprint density at radius 1 is 1.28 bits per heavy atom. The quantitative estimate of drug-likeness (QED) is 0.555. The first-order chi connectivity index (χ1) is 16.7. The number of likely N-dealkylation sites (N-methyl/N-ethyl adjacent to an activating group) is 1. The Hall–Kier alpha value is -3.16. The fourth-order valence-electron chi connectivity index (χ4n) is 3.07. The van der Waals surface area contributed by atoms with Crippen LogP contribution in [0, 0.1) is 0 Å². The Labute approximate surface area is 193 Å². The van der Waals surface area contributed by atoms with Gasteiger partial charge >= 0.3 is 12.1 Å². The predicted octanol–water partition coefficient (Wildman–Crippen LogP) is 3.96. The molecule has 1 atom stereocenters. The van der Waals surface area contributed by atoms with Crippen molar-refractivity contribution >= 4 is 23.9 Å². The minimum Gasteiger partial charge on any atom is -0.461 e. The molecule has 32 heavy (non-hydrogen) atoms. The summed E-state index contributed by atoms with van der Waals surface area (Å²) in [4.78, 5) is 41.8. The highest BCUT2D eigenvalue weighted by molar-refractivity contribution is 6.01. The Balaban J connectivity index is 2.28. The molecule has 1 aromatic rings. The van der Waals surface area contributed by atoms with E-state index in [1.54, 1.807) is 24.3 Å². The van der Waals surface area contributed by atoms with E-state index in [-0.39, 0.29) is 13.0 Å². The van der Waals surface area contributed by atoms with Crippen LogP contribution in [0.25, 0.3) is 0 Å². The minimum absolute atomic E-state index is 0.0914. The van der Waals surface area contributed by atoms with E-state index >= 15 is 0 Å². The largest absolute Gasteiger partial charge is 0.461 e. The average molecular weight is 447 g/mol. The highest BCUT2D eigenvalue weighted by Gasteiger charge is 2.19. The molecule has 1 aliphatic rings. The number of allylic oxidation sites excluding steroid dienone is 1. The fourth-order valence-corrected chi connectivity index (χ4v) is 3.07. The maximum absolute atomic E-state index is 12.7. The van der Waals surface area contributed by atoms with Crippen molar-refractivity contribution in [3.05, 3.63) is 48.0 Å². The van der Waals surface area contributed by atoms with E-state index in [1.807, 2.05) is 25.1 Å². The molecule has 0 radical (unpaired) electrons. The normalized spacial score (nSPS) is 22.9. The molecule has 1 N–H and O–H groups in total. The lowest BCUT2D eigenvalue weighted by Crippen LogP contribution is -2.45. The number of esters is 1. The topological polar surface area (TPSA) is 97.3 Å². The number of amides is 2. The molecule has 1 aromatic carbocycles. The van der Waals surface area contributed by atoms with Gasteiger partial charge in [0.05, 0.1) is 0 Å². The van der Waals surface area contributed by atoms with E-state index in [4.69, 9.17) is 13.6 Å². The fraction of sp³-hybridized carbons (Fsp3) is 0.500. The summed E-state index contributed by atoms with van der Waals surface area (Å²) in [6, 6.07) is 8.86. The highest BCUT2D eigenvalue weighted by atomic mass is 16.5. The molecule has 0 aliphatic carbocycles. The van der Waals surface area contributed by atoms with Gasteiger partial charge < -0.3 is 14.4 Å². The molecule has 174 valence electrons. The van der Waals surface area contributed by atoms with Crippen molar-refractivity contribution in [1.82, 2.24) is 10.2 Å². The number of ether oxygens (including phenoxy) is 2. The van der Waals surface area contributed by atoms with Gasteiger partial charge in [0.2, 0.25) is 11.9 Å². The number of benzene rings is 1. The summed E-state index contributed by atoms with van der Waals surface area (Å²) in [5.41, 5.74) is 0.707.